The normalized spacial score (nSPS) is 12.6. The topological polar surface area (TPSA) is 22.2 Å². The van der Waals surface area contributed by atoms with Crippen molar-refractivity contribution >= 4 is 60.2 Å². The molecule has 0 N–H and O–H groups in total. The summed E-state index contributed by atoms with van der Waals surface area (Å²) in [6.07, 6.45) is 0. The lowest BCUT2D eigenvalue weighted by molar-refractivity contribution is 0.419. The number of rotatable bonds is 1. The van der Waals surface area contributed by atoms with Crippen molar-refractivity contribution < 1.29 is 0 Å². The van der Waals surface area contributed by atoms with Crippen LogP contribution in [0.5, 0.6) is 0 Å². The van der Waals surface area contributed by atoms with Crippen LogP contribution in [0.15, 0.2) is 109 Å². The fourth-order valence-corrected chi connectivity index (χ4v) is 6.33. The van der Waals surface area contributed by atoms with E-state index in [0.717, 1.165) is 16.8 Å². The van der Waals surface area contributed by atoms with Crippen molar-refractivity contribution in [1.29, 1.82) is 0 Å². The van der Waals surface area contributed by atoms with Crippen molar-refractivity contribution in [2.75, 3.05) is 0 Å². The van der Waals surface area contributed by atoms with Gasteiger partial charge in [0.1, 0.15) is 0 Å². The van der Waals surface area contributed by atoms with E-state index in [0.29, 0.717) is 0 Å². The van der Waals surface area contributed by atoms with Crippen LogP contribution in [0.1, 0.15) is 20.8 Å². The van der Waals surface area contributed by atoms with E-state index in [1.807, 2.05) is 0 Å². The number of hydrogen-bond acceptors (Lipinski definition) is 1. The van der Waals surface area contributed by atoms with Crippen molar-refractivity contribution in [2.24, 2.45) is 0 Å². The maximum absolute atomic E-state index is 5.05. The minimum atomic E-state index is -0.102. The zero-order valence-electron chi connectivity index (χ0n) is 21.7. The van der Waals surface area contributed by atoms with E-state index in [9.17, 15) is 0 Å². The Hall–Kier alpha value is -4.63. The standard InChI is InChI=1S/C35H27N3/c1-35(2,3)38-32-19-17-23(21-33(32)37-31-15-9-8-14-30(31)36-34(37)38)22-16-18-28-26-12-5-4-10-24(26)25-11-6-7-13-27(25)29(28)20-22/h4-21H,1-3H3. The van der Waals surface area contributed by atoms with Crippen LogP contribution in [0.2, 0.25) is 0 Å². The molecule has 0 saturated heterocycles. The molecule has 0 aliphatic heterocycles. The van der Waals surface area contributed by atoms with E-state index < -0.39 is 0 Å². The molecule has 38 heavy (non-hydrogen) atoms. The Balaban J connectivity index is 1.44. The van der Waals surface area contributed by atoms with Crippen LogP contribution in [0.4, 0.5) is 0 Å². The summed E-state index contributed by atoms with van der Waals surface area (Å²) in [7, 11) is 0. The smallest absolute Gasteiger partial charge is 0.216 e. The molecule has 2 aromatic heterocycles. The predicted octanol–water partition coefficient (Wildman–Crippen LogP) is 9.32. The summed E-state index contributed by atoms with van der Waals surface area (Å²) >= 11 is 0. The van der Waals surface area contributed by atoms with Gasteiger partial charge in [-0.15, -0.1) is 0 Å². The van der Waals surface area contributed by atoms with Crippen LogP contribution in [-0.2, 0) is 5.54 Å². The zero-order chi connectivity index (χ0) is 25.6. The highest BCUT2D eigenvalue weighted by atomic mass is 15.2. The molecule has 3 nitrogen and oxygen atoms in total. The second-order valence-corrected chi connectivity index (χ2v) is 11.3. The molecule has 0 spiro atoms. The quantitative estimate of drug-likeness (QED) is 0.211. The van der Waals surface area contributed by atoms with E-state index in [2.05, 4.69) is 139 Å². The van der Waals surface area contributed by atoms with Crippen LogP contribution in [0.25, 0.3) is 71.3 Å². The minimum absolute atomic E-state index is 0.102. The largest absolute Gasteiger partial charge is 0.304 e. The number of hydrogen-bond donors (Lipinski definition) is 0. The highest BCUT2D eigenvalue weighted by Gasteiger charge is 2.24. The van der Waals surface area contributed by atoms with Gasteiger partial charge in [0, 0.05) is 5.54 Å². The van der Waals surface area contributed by atoms with Crippen molar-refractivity contribution in [3.63, 3.8) is 0 Å². The van der Waals surface area contributed by atoms with E-state index in [1.54, 1.807) is 0 Å². The van der Waals surface area contributed by atoms with Crippen LogP contribution in [0.3, 0.4) is 0 Å². The number of imidazole rings is 2. The molecule has 0 amide bonds. The lowest BCUT2D eigenvalue weighted by atomic mass is 9.92. The number of fused-ring (bicyclic) bond motifs is 11. The summed E-state index contributed by atoms with van der Waals surface area (Å²) in [5, 5.41) is 7.80. The first-order valence-corrected chi connectivity index (χ1v) is 13.2. The average Bonchev–Trinajstić information content (AvgIpc) is 3.47. The summed E-state index contributed by atoms with van der Waals surface area (Å²) in [4.78, 5) is 5.05. The summed E-state index contributed by atoms with van der Waals surface area (Å²) in [6.45, 7) is 6.75. The van der Waals surface area contributed by atoms with E-state index in [1.165, 1.54) is 54.5 Å². The molecule has 0 radical (unpaired) electrons. The number of aromatic nitrogens is 3. The van der Waals surface area contributed by atoms with Crippen LogP contribution < -0.4 is 0 Å². The lowest BCUT2D eigenvalue weighted by Gasteiger charge is -2.22. The second kappa shape index (κ2) is 7.45. The minimum Gasteiger partial charge on any atom is -0.304 e. The lowest BCUT2D eigenvalue weighted by Crippen LogP contribution is -2.21. The number of para-hydroxylation sites is 2. The second-order valence-electron chi connectivity index (χ2n) is 11.3. The molecule has 3 heteroatoms. The predicted molar refractivity (Wildman–Crippen MR) is 161 cm³/mol. The third-order valence-electron chi connectivity index (χ3n) is 7.95. The first-order chi connectivity index (χ1) is 18.5. The van der Waals surface area contributed by atoms with Gasteiger partial charge in [-0.3, -0.25) is 4.40 Å². The molecular formula is C35H27N3. The Morgan fingerprint density at radius 1 is 0.500 bits per heavy atom. The summed E-state index contributed by atoms with van der Waals surface area (Å²) < 4.78 is 4.69. The SMILES string of the molecule is CC(C)(C)n1c2ccc(-c3ccc4c5ccccc5c5ccccc5c4c3)cc2n2c3ccccc3nc12. The van der Waals surface area contributed by atoms with Crippen LogP contribution >= 0.6 is 0 Å². The summed E-state index contributed by atoms with van der Waals surface area (Å²) in [5.74, 6) is 0.988. The summed E-state index contributed by atoms with van der Waals surface area (Å²) in [6, 6.07) is 39.8. The number of nitrogens with zero attached hydrogens (tertiary/aromatic N) is 3. The van der Waals surface area contributed by atoms with Gasteiger partial charge in [-0.2, -0.15) is 0 Å². The van der Waals surface area contributed by atoms with Gasteiger partial charge < -0.3 is 4.57 Å². The maximum atomic E-state index is 5.05. The van der Waals surface area contributed by atoms with E-state index in [4.69, 9.17) is 4.98 Å². The van der Waals surface area contributed by atoms with Crippen LogP contribution in [-0.4, -0.2) is 14.0 Å². The highest BCUT2D eigenvalue weighted by molar-refractivity contribution is 6.25. The number of benzene rings is 6. The van der Waals surface area contributed by atoms with E-state index in [-0.39, 0.29) is 5.54 Å². The molecular weight excluding hydrogens is 462 g/mol. The van der Waals surface area contributed by atoms with Gasteiger partial charge in [-0.05, 0) is 94.5 Å². The first kappa shape index (κ1) is 21.5. The Kier molecular flexibility index (Phi) is 4.21. The summed E-state index contributed by atoms with van der Waals surface area (Å²) in [5.41, 5.74) is 6.88. The third-order valence-corrected chi connectivity index (χ3v) is 7.95. The van der Waals surface area contributed by atoms with Gasteiger partial charge in [0.15, 0.2) is 0 Å². The van der Waals surface area contributed by atoms with Gasteiger partial charge in [0.05, 0.1) is 22.1 Å². The molecule has 0 fully saturated rings. The van der Waals surface area contributed by atoms with Gasteiger partial charge in [0.25, 0.3) is 0 Å². The van der Waals surface area contributed by atoms with Gasteiger partial charge in [-0.25, -0.2) is 4.98 Å². The molecule has 8 rings (SSSR count). The molecule has 0 atom stereocenters. The average molecular weight is 490 g/mol. The molecule has 0 bridgehead atoms. The molecule has 2 heterocycles. The molecule has 0 unspecified atom stereocenters. The van der Waals surface area contributed by atoms with Gasteiger partial charge in [0.2, 0.25) is 5.78 Å². The van der Waals surface area contributed by atoms with Gasteiger partial charge in [-0.1, -0.05) is 78.9 Å². The zero-order valence-corrected chi connectivity index (χ0v) is 21.7. The third kappa shape index (κ3) is 2.87. The van der Waals surface area contributed by atoms with Crippen molar-refractivity contribution in [1.82, 2.24) is 14.0 Å². The van der Waals surface area contributed by atoms with Crippen molar-refractivity contribution in [2.45, 2.75) is 26.3 Å². The first-order valence-electron chi connectivity index (χ1n) is 13.2. The molecule has 0 saturated carbocycles. The van der Waals surface area contributed by atoms with E-state index >= 15 is 0 Å². The fraction of sp³-hybridized carbons (Fsp3) is 0.114. The molecule has 8 aromatic rings. The van der Waals surface area contributed by atoms with Crippen molar-refractivity contribution in [3.8, 4) is 11.1 Å². The van der Waals surface area contributed by atoms with Crippen molar-refractivity contribution in [3.05, 3.63) is 109 Å². The Morgan fingerprint density at radius 3 is 1.74 bits per heavy atom. The monoisotopic (exact) mass is 489 g/mol. The fourth-order valence-electron chi connectivity index (χ4n) is 6.33. The Bertz CT molecular complexity index is 2190. The molecule has 0 aliphatic carbocycles. The maximum Gasteiger partial charge on any atom is 0.216 e. The molecule has 0 aliphatic rings. The highest BCUT2D eigenvalue weighted by Crippen LogP contribution is 2.38. The van der Waals surface area contributed by atoms with Crippen LogP contribution in [0, 0.1) is 0 Å². The molecule has 6 aromatic carbocycles. The van der Waals surface area contributed by atoms with Gasteiger partial charge >= 0.3 is 0 Å². The molecule has 182 valence electrons. The Morgan fingerprint density at radius 2 is 1.05 bits per heavy atom. The Labute approximate surface area is 220 Å².